The molecule has 2 N–H and O–H groups in total. The molecule has 88 valence electrons. The van der Waals surface area contributed by atoms with Gasteiger partial charge in [0.05, 0.1) is 12.2 Å². The van der Waals surface area contributed by atoms with Crippen molar-refractivity contribution in [1.82, 2.24) is 14.5 Å². The van der Waals surface area contributed by atoms with Gasteiger partial charge in [0.15, 0.2) is 5.69 Å². The highest BCUT2D eigenvalue weighted by molar-refractivity contribution is 5.91. The number of pyridine rings is 1. The number of carbonyl (C=O) groups is 1. The van der Waals surface area contributed by atoms with Crippen LogP contribution in [0.2, 0.25) is 0 Å². The molecule has 2 aromatic rings. The van der Waals surface area contributed by atoms with E-state index in [0.717, 1.165) is 5.82 Å². The molecule has 2 heterocycles. The van der Waals surface area contributed by atoms with E-state index >= 15 is 0 Å². The minimum atomic E-state index is -1.05. The minimum absolute atomic E-state index is 0.0155. The third-order valence-electron chi connectivity index (χ3n) is 2.37. The van der Waals surface area contributed by atoms with E-state index in [0.29, 0.717) is 12.2 Å². The second-order valence-corrected chi connectivity index (χ2v) is 3.51. The highest BCUT2D eigenvalue weighted by Gasteiger charge is 2.10. The number of nitrogens with one attached hydrogen (secondary N) is 1. The van der Waals surface area contributed by atoms with Crippen LogP contribution in [-0.2, 0) is 13.6 Å². The lowest BCUT2D eigenvalue weighted by atomic mass is 10.3. The smallest absolute Gasteiger partial charge is 0.356 e. The third kappa shape index (κ3) is 2.41. The predicted molar refractivity (Wildman–Crippen MR) is 61.7 cm³/mol. The summed E-state index contributed by atoms with van der Waals surface area (Å²) in [7, 11) is 1.88. The van der Waals surface area contributed by atoms with E-state index in [4.69, 9.17) is 5.11 Å². The molecule has 2 aromatic heterocycles. The number of hydrogen-bond donors (Lipinski definition) is 2. The zero-order chi connectivity index (χ0) is 12.3. The Kier molecular flexibility index (Phi) is 3.04. The van der Waals surface area contributed by atoms with Gasteiger partial charge in [-0.3, -0.25) is 0 Å². The van der Waals surface area contributed by atoms with Crippen molar-refractivity contribution in [3.63, 3.8) is 0 Å². The average molecular weight is 232 g/mol. The first kappa shape index (κ1) is 11.1. The fourth-order valence-electron chi connectivity index (χ4n) is 1.46. The molecule has 6 heteroatoms. The van der Waals surface area contributed by atoms with Crippen molar-refractivity contribution >= 4 is 11.7 Å². The van der Waals surface area contributed by atoms with Gasteiger partial charge in [-0.15, -0.1) is 0 Å². The summed E-state index contributed by atoms with van der Waals surface area (Å²) >= 11 is 0. The van der Waals surface area contributed by atoms with Gasteiger partial charge in [-0.1, -0.05) is 0 Å². The fraction of sp³-hybridized carbons (Fsp3) is 0.182. The van der Waals surface area contributed by atoms with Crippen LogP contribution in [0.4, 0.5) is 5.69 Å². The molecule has 0 bridgehead atoms. The summed E-state index contributed by atoms with van der Waals surface area (Å²) in [5, 5.41) is 12.0. The van der Waals surface area contributed by atoms with Crippen LogP contribution in [0.1, 0.15) is 16.3 Å². The summed E-state index contributed by atoms with van der Waals surface area (Å²) in [6, 6.07) is 3.37. The number of anilines is 1. The molecule has 0 aliphatic heterocycles. The molecule has 0 aliphatic rings. The van der Waals surface area contributed by atoms with E-state index in [1.54, 1.807) is 18.3 Å². The van der Waals surface area contributed by atoms with Gasteiger partial charge in [-0.05, 0) is 12.1 Å². The summed E-state index contributed by atoms with van der Waals surface area (Å²) < 4.78 is 1.86. The number of nitrogens with zero attached hydrogens (tertiary/aromatic N) is 3. The Bertz CT molecular complexity index is 536. The second-order valence-electron chi connectivity index (χ2n) is 3.51. The number of carboxylic acid groups (broad SMARTS) is 1. The molecule has 0 saturated carbocycles. The van der Waals surface area contributed by atoms with E-state index in [2.05, 4.69) is 15.3 Å². The Morgan fingerprint density at radius 3 is 2.94 bits per heavy atom. The van der Waals surface area contributed by atoms with Crippen molar-refractivity contribution in [2.24, 2.45) is 7.05 Å². The lowest BCUT2D eigenvalue weighted by molar-refractivity contribution is 0.0691. The molecule has 17 heavy (non-hydrogen) atoms. The van der Waals surface area contributed by atoms with E-state index in [9.17, 15) is 4.79 Å². The van der Waals surface area contributed by atoms with Crippen LogP contribution in [0.25, 0.3) is 0 Å². The van der Waals surface area contributed by atoms with Gasteiger partial charge < -0.3 is 15.0 Å². The van der Waals surface area contributed by atoms with Gasteiger partial charge in [0.2, 0.25) is 0 Å². The average Bonchev–Trinajstić information content (AvgIpc) is 2.72. The van der Waals surface area contributed by atoms with E-state index in [1.807, 2.05) is 17.8 Å². The van der Waals surface area contributed by atoms with Crippen molar-refractivity contribution in [2.45, 2.75) is 6.54 Å². The molecule has 0 radical (unpaired) electrons. The molecule has 0 aromatic carbocycles. The fourth-order valence-corrected chi connectivity index (χ4v) is 1.46. The monoisotopic (exact) mass is 232 g/mol. The van der Waals surface area contributed by atoms with Crippen LogP contribution >= 0.6 is 0 Å². The molecular formula is C11H12N4O2. The Morgan fingerprint density at radius 1 is 1.47 bits per heavy atom. The van der Waals surface area contributed by atoms with E-state index in [1.165, 1.54) is 6.20 Å². The molecule has 6 nitrogen and oxygen atoms in total. The van der Waals surface area contributed by atoms with Gasteiger partial charge in [0, 0.05) is 25.6 Å². The van der Waals surface area contributed by atoms with Crippen LogP contribution in [0.15, 0.2) is 30.7 Å². The van der Waals surface area contributed by atoms with Gasteiger partial charge >= 0.3 is 5.97 Å². The Morgan fingerprint density at radius 2 is 2.29 bits per heavy atom. The maximum Gasteiger partial charge on any atom is 0.356 e. The lowest BCUT2D eigenvalue weighted by Crippen LogP contribution is -2.10. The van der Waals surface area contributed by atoms with Crippen molar-refractivity contribution in [2.75, 3.05) is 5.32 Å². The number of rotatable bonds is 4. The van der Waals surface area contributed by atoms with Gasteiger partial charge in [0.25, 0.3) is 0 Å². The van der Waals surface area contributed by atoms with Gasteiger partial charge in [0.1, 0.15) is 5.82 Å². The molecule has 0 atom stereocenters. The van der Waals surface area contributed by atoms with Crippen molar-refractivity contribution in [1.29, 1.82) is 0 Å². The normalized spacial score (nSPS) is 10.2. The maximum absolute atomic E-state index is 10.9. The second kappa shape index (κ2) is 4.65. The zero-order valence-electron chi connectivity index (χ0n) is 9.29. The molecule has 0 aliphatic carbocycles. The van der Waals surface area contributed by atoms with Crippen LogP contribution in [0.5, 0.6) is 0 Å². The quantitative estimate of drug-likeness (QED) is 0.825. The predicted octanol–water partition coefficient (Wildman–Crippen LogP) is 1.13. The third-order valence-corrected chi connectivity index (χ3v) is 2.37. The molecule has 0 saturated heterocycles. The summed E-state index contributed by atoms with van der Waals surface area (Å²) in [4.78, 5) is 18.9. The summed E-state index contributed by atoms with van der Waals surface area (Å²) in [5.74, 6) is -0.224. The minimum Gasteiger partial charge on any atom is -0.476 e. The Labute approximate surface area is 97.9 Å². The lowest BCUT2D eigenvalue weighted by Gasteiger charge is -2.08. The maximum atomic E-state index is 10.9. The first-order chi connectivity index (χ1) is 8.18. The largest absolute Gasteiger partial charge is 0.476 e. The van der Waals surface area contributed by atoms with E-state index < -0.39 is 5.97 Å². The SMILES string of the molecule is Cn1ccnc1CNc1cccnc1C(=O)O. The Hall–Kier alpha value is -2.37. The van der Waals surface area contributed by atoms with Gasteiger partial charge in [-0.25, -0.2) is 14.8 Å². The highest BCUT2D eigenvalue weighted by atomic mass is 16.4. The van der Waals surface area contributed by atoms with Crippen LogP contribution in [0.3, 0.4) is 0 Å². The summed E-state index contributed by atoms with van der Waals surface area (Å²) in [6.45, 7) is 0.454. The molecule has 0 unspecified atom stereocenters. The van der Waals surface area contributed by atoms with Crippen molar-refractivity contribution in [3.05, 3.63) is 42.2 Å². The first-order valence-electron chi connectivity index (χ1n) is 5.07. The van der Waals surface area contributed by atoms with Crippen molar-refractivity contribution < 1.29 is 9.90 Å². The molecule has 0 amide bonds. The van der Waals surface area contributed by atoms with Crippen molar-refractivity contribution in [3.8, 4) is 0 Å². The topological polar surface area (TPSA) is 80.0 Å². The Balaban J connectivity index is 2.14. The van der Waals surface area contributed by atoms with Gasteiger partial charge in [-0.2, -0.15) is 0 Å². The van der Waals surface area contributed by atoms with Crippen LogP contribution in [-0.4, -0.2) is 25.6 Å². The summed E-state index contributed by atoms with van der Waals surface area (Å²) in [5.41, 5.74) is 0.504. The number of hydrogen-bond acceptors (Lipinski definition) is 4. The summed E-state index contributed by atoms with van der Waals surface area (Å²) in [6.07, 6.45) is 4.98. The highest BCUT2D eigenvalue weighted by Crippen LogP contribution is 2.12. The van der Waals surface area contributed by atoms with E-state index in [-0.39, 0.29) is 5.69 Å². The molecular weight excluding hydrogens is 220 g/mol. The standard InChI is InChI=1S/C11H12N4O2/c1-15-6-5-12-9(15)7-14-8-3-2-4-13-10(8)11(16)17/h2-6,14H,7H2,1H3,(H,16,17). The number of aryl methyl sites for hydroxylation is 1. The van der Waals surface area contributed by atoms with Crippen LogP contribution in [0, 0.1) is 0 Å². The van der Waals surface area contributed by atoms with Crippen LogP contribution < -0.4 is 5.32 Å². The number of imidazole rings is 1. The first-order valence-corrected chi connectivity index (χ1v) is 5.07. The number of carboxylic acids is 1. The molecule has 0 fully saturated rings. The molecule has 0 spiro atoms. The number of aromatic carboxylic acids is 1. The number of aromatic nitrogens is 3. The zero-order valence-corrected chi connectivity index (χ0v) is 9.29. The molecule has 2 rings (SSSR count).